The first-order chi connectivity index (χ1) is 8.79. The number of anilines is 1. The number of aromatic nitrogens is 1. The summed E-state index contributed by atoms with van der Waals surface area (Å²) in [6.07, 6.45) is 4.38. The number of nitriles is 1. The van der Waals surface area contributed by atoms with Crippen molar-refractivity contribution in [1.29, 1.82) is 5.26 Å². The first kappa shape index (κ1) is 12.8. The molecule has 0 amide bonds. The Morgan fingerprint density at radius 1 is 1.50 bits per heavy atom. The smallest absolute Gasteiger partial charge is 0.143 e. The third-order valence-electron chi connectivity index (χ3n) is 3.31. The maximum atomic E-state index is 8.98. The van der Waals surface area contributed by atoms with Gasteiger partial charge in [-0.2, -0.15) is 5.26 Å². The third-order valence-corrected chi connectivity index (χ3v) is 3.31. The quantitative estimate of drug-likeness (QED) is 0.861. The molecule has 18 heavy (non-hydrogen) atoms. The normalized spacial score (nSPS) is 17.3. The summed E-state index contributed by atoms with van der Waals surface area (Å²) in [4.78, 5) is 6.72. The van der Waals surface area contributed by atoms with Crippen LogP contribution in [0.1, 0.15) is 25.3 Å². The Morgan fingerprint density at radius 3 is 3.00 bits per heavy atom. The summed E-state index contributed by atoms with van der Waals surface area (Å²) in [5.41, 5.74) is 0.617. The molecule has 4 heteroatoms. The van der Waals surface area contributed by atoms with E-state index in [2.05, 4.69) is 28.2 Å². The van der Waals surface area contributed by atoms with Gasteiger partial charge in [-0.3, -0.25) is 0 Å². The van der Waals surface area contributed by atoms with E-state index in [1.165, 1.54) is 25.9 Å². The molecule has 1 fully saturated rings. The Balaban J connectivity index is 1.81. The standard InChI is InChI=1S/C14H20N4/c1-12(11-18-7-2-3-8-18)10-17-14-13(9-15)5-4-6-16-14/h4-6,12H,2-3,7-8,10-11H2,1H3,(H,16,17). The molecule has 1 aliphatic heterocycles. The maximum Gasteiger partial charge on any atom is 0.143 e. The molecule has 0 aromatic carbocycles. The van der Waals surface area contributed by atoms with Crippen molar-refractivity contribution in [2.75, 3.05) is 31.5 Å². The van der Waals surface area contributed by atoms with Crippen LogP contribution in [0, 0.1) is 17.2 Å². The van der Waals surface area contributed by atoms with Gasteiger partial charge < -0.3 is 10.2 Å². The van der Waals surface area contributed by atoms with Crippen LogP contribution in [0.2, 0.25) is 0 Å². The van der Waals surface area contributed by atoms with Crippen molar-refractivity contribution in [2.24, 2.45) is 5.92 Å². The Morgan fingerprint density at radius 2 is 2.28 bits per heavy atom. The fourth-order valence-corrected chi connectivity index (χ4v) is 2.38. The molecule has 1 aromatic rings. The van der Waals surface area contributed by atoms with E-state index in [-0.39, 0.29) is 0 Å². The monoisotopic (exact) mass is 244 g/mol. The molecule has 4 nitrogen and oxygen atoms in total. The zero-order valence-corrected chi connectivity index (χ0v) is 10.9. The third kappa shape index (κ3) is 3.44. The molecule has 0 saturated carbocycles. The summed E-state index contributed by atoms with van der Waals surface area (Å²) in [5.74, 6) is 1.27. The van der Waals surface area contributed by atoms with Gasteiger partial charge in [0.15, 0.2) is 0 Å². The molecule has 1 aliphatic rings. The topological polar surface area (TPSA) is 52.0 Å². The van der Waals surface area contributed by atoms with Crippen molar-refractivity contribution in [3.63, 3.8) is 0 Å². The molecule has 1 aromatic heterocycles. The molecule has 1 atom stereocenters. The van der Waals surface area contributed by atoms with E-state index >= 15 is 0 Å². The van der Waals surface area contributed by atoms with E-state index in [4.69, 9.17) is 5.26 Å². The Bertz CT molecular complexity index is 418. The minimum Gasteiger partial charge on any atom is -0.369 e. The van der Waals surface area contributed by atoms with Crippen LogP contribution >= 0.6 is 0 Å². The number of hydrogen-bond acceptors (Lipinski definition) is 4. The molecular weight excluding hydrogens is 224 g/mol. The van der Waals surface area contributed by atoms with Gasteiger partial charge in [-0.15, -0.1) is 0 Å². The van der Waals surface area contributed by atoms with Crippen molar-refractivity contribution >= 4 is 5.82 Å². The Labute approximate surface area is 109 Å². The highest BCUT2D eigenvalue weighted by atomic mass is 15.1. The first-order valence-electron chi connectivity index (χ1n) is 6.61. The second kappa shape index (κ2) is 6.36. The lowest BCUT2D eigenvalue weighted by atomic mass is 10.1. The minimum absolute atomic E-state index is 0.566. The zero-order chi connectivity index (χ0) is 12.8. The average molecular weight is 244 g/mol. The van der Waals surface area contributed by atoms with Crippen LogP contribution < -0.4 is 5.32 Å². The van der Waals surface area contributed by atoms with E-state index < -0.39 is 0 Å². The molecule has 96 valence electrons. The van der Waals surface area contributed by atoms with Crippen LogP contribution in [0.15, 0.2) is 18.3 Å². The van der Waals surface area contributed by atoms with Crippen LogP contribution in [0.3, 0.4) is 0 Å². The molecule has 2 rings (SSSR count). The van der Waals surface area contributed by atoms with Gasteiger partial charge in [0.2, 0.25) is 0 Å². The molecular formula is C14H20N4. The Kier molecular flexibility index (Phi) is 4.54. The summed E-state index contributed by atoms with van der Waals surface area (Å²) in [6.45, 7) is 6.69. The lowest BCUT2D eigenvalue weighted by Gasteiger charge is -2.20. The lowest BCUT2D eigenvalue weighted by molar-refractivity contribution is 0.294. The Hall–Kier alpha value is -1.60. The maximum absolute atomic E-state index is 8.98. The molecule has 0 aliphatic carbocycles. The van der Waals surface area contributed by atoms with Crippen molar-refractivity contribution in [2.45, 2.75) is 19.8 Å². The number of pyridine rings is 1. The molecule has 0 bridgehead atoms. The first-order valence-corrected chi connectivity index (χ1v) is 6.61. The van der Waals surface area contributed by atoms with Gasteiger partial charge >= 0.3 is 0 Å². The zero-order valence-electron chi connectivity index (χ0n) is 10.9. The highest BCUT2D eigenvalue weighted by molar-refractivity contribution is 5.51. The van der Waals surface area contributed by atoms with E-state index in [1.54, 1.807) is 18.3 Å². The highest BCUT2D eigenvalue weighted by Gasteiger charge is 2.14. The molecule has 1 saturated heterocycles. The van der Waals surface area contributed by atoms with Gasteiger partial charge in [0.05, 0.1) is 5.56 Å². The largest absolute Gasteiger partial charge is 0.369 e. The SMILES string of the molecule is CC(CNc1ncccc1C#N)CN1CCCC1. The number of nitrogens with zero attached hydrogens (tertiary/aromatic N) is 3. The van der Waals surface area contributed by atoms with Crippen molar-refractivity contribution in [3.05, 3.63) is 23.9 Å². The van der Waals surface area contributed by atoms with Crippen molar-refractivity contribution < 1.29 is 0 Å². The molecule has 1 N–H and O–H groups in total. The van der Waals surface area contributed by atoms with E-state index in [9.17, 15) is 0 Å². The van der Waals surface area contributed by atoms with E-state index in [1.807, 2.05) is 0 Å². The summed E-state index contributed by atoms with van der Waals surface area (Å²) in [5, 5.41) is 12.3. The summed E-state index contributed by atoms with van der Waals surface area (Å²) in [6, 6.07) is 5.74. The van der Waals surface area contributed by atoms with Crippen molar-refractivity contribution in [1.82, 2.24) is 9.88 Å². The molecule has 0 radical (unpaired) electrons. The van der Waals surface area contributed by atoms with Gasteiger partial charge in [0.1, 0.15) is 11.9 Å². The van der Waals surface area contributed by atoms with Gasteiger partial charge in [-0.1, -0.05) is 6.92 Å². The predicted molar refractivity (Wildman–Crippen MR) is 72.3 cm³/mol. The fraction of sp³-hybridized carbons (Fsp3) is 0.571. The second-order valence-electron chi connectivity index (χ2n) is 5.01. The molecule has 0 spiro atoms. The van der Waals surface area contributed by atoms with Crippen LogP contribution in [0.25, 0.3) is 0 Å². The van der Waals surface area contributed by atoms with Gasteiger partial charge in [0.25, 0.3) is 0 Å². The summed E-state index contributed by atoms with van der Waals surface area (Å²) in [7, 11) is 0. The van der Waals surface area contributed by atoms with Gasteiger partial charge in [-0.05, 0) is 44.0 Å². The predicted octanol–water partition coefficient (Wildman–Crippen LogP) is 2.10. The number of nitrogens with one attached hydrogen (secondary N) is 1. The number of rotatable bonds is 5. The van der Waals surface area contributed by atoms with Gasteiger partial charge in [-0.25, -0.2) is 4.98 Å². The number of hydrogen-bond donors (Lipinski definition) is 1. The van der Waals surface area contributed by atoms with Crippen LogP contribution in [-0.4, -0.2) is 36.1 Å². The average Bonchev–Trinajstić information content (AvgIpc) is 2.89. The lowest BCUT2D eigenvalue weighted by Crippen LogP contribution is -2.29. The molecule has 1 unspecified atom stereocenters. The van der Waals surface area contributed by atoms with Crippen LogP contribution in [0.5, 0.6) is 0 Å². The van der Waals surface area contributed by atoms with Crippen molar-refractivity contribution in [3.8, 4) is 6.07 Å². The number of likely N-dealkylation sites (tertiary alicyclic amines) is 1. The minimum atomic E-state index is 0.566. The van der Waals surface area contributed by atoms with Gasteiger partial charge in [0, 0.05) is 19.3 Å². The fourth-order valence-electron chi connectivity index (χ4n) is 2.38. The summed E-state index contributed by atoms with van der Waals surface area (Å²) < 4.78 is 0. The summed E-state index contributed by atoms with van der Waals surface area (Å²) >= 11 is 0. The highest BCUT2D eigenvalue weighted by Crippen LogP contribution is 2.13. The van der Waals surface area contributed by atoms with E-state index in [0.29, 0.717) is 17.3 Å². The molecule has 2 heterocycles. The van der Waals surface area contributed by atoms with E-state index in [0.717, 1.165) is 13.1 Å². The van der Waals surface area contributed by atoms with Crippen LogP contribution in [0.4, 0.5) is 5.82 Å². The second-order valence-corrected chi connectivity index (χ2v) is 5.01. The van der Waals surface area contributed by atoms with Crippen LogP contribution in [-0.2, 0) is 0 Å².